The van der Waals surface area contributed by atoms with E-state index in [1.165, 1.54) is 75.6 Å². The molecule has 3 aliphatic carbocycles. The molecule has 2 aromatic heterocycles. The fourth-order valence-corrected chi connectivity index (χ4v) is 13.7. The van der Waals surface area contributed by atoms with Crippen molar-refractivity contribution in [1.82, 2.24) is 0 Å². The lowest BCUT2D eigenvalue weighted by Crippen LogP contribution is -2.23. The van der Waals surface area contributed by atoms with Crippen LogP contribution in [0, 0.1) is 5.92 Å². The number of nitrogens with zero attached hydrogens (tertiary/aromatic N) is 3. The van der Waals surface area contributed by atoms with E-state index in [2.05, 4.69) is 221 Å². The van der Waals surface area contributed by atoms with E-state index in [1.807, 2.05) is 22.7 Å². The standard InChI is InChI=1S/C66H55N3O4S2/c1-2-10-44(11-3-1)45-20-28-52(29-21-45)67(55-34-26-50-40-63(74-61(50)42-55)68(59-18-8-14-46-12-4-6-16-57(46)59)53-30-22-48(23-31-53)65-70-36-37-71-65)56-35-27-51-41-64(75-62(51)43-56)69(60-19-9-15-47-13-5-7-17-58(47)60)54-32-24-49(25-33-54)66-72-38-39-73-66/h1-3,6-11,14-24,26-35,40-43,49,65-66H,4-5,12-13,25,36-39H2. The molecule has 7 nitrogen and oxygen atoms in total. The molecule has 1 unspecified atom stereocenters. The second-order valence-electron chi connectivity index (χ2n) is 19.8. The third-order valence-corrected chi connectivity index (χ3v) is 17.3. The summed E-state index contributed by atoms with van der Waals surface area (Å²) in [5.74, 6) is 0.191. The van der Waals surface area contributed by atoms with Crippen LogP contribution >= 0.6 is 22.7 Å². The zero-order chi connectivity index (χ0) is 49.7. The van der Waals surface area contributed by atoms with Crippen molar-refractivity contribution in [3.63, 3.8) is 0 Å². The normalized spacial score (nSPS) is 17.4. The predicted octanol–water partition coefficient (Wildman–Crippen LogP) is 17.7. The molecule has 14 rings (SSSR count). The highest BCUT2D eigenvalue weighted by atomic mass is 32.1. The maximum atomic E-state index is 5.95. The molecule has 0 N–H and O–H groups in total. The number of thiophene rings is 2. The van der Waals surface area contributed by atoms with Crippen molar-refractivity contribution >= 4 is 99.1 Å². The van der Waals surface area contributed by atoms with E-state index in [-0.39, 0.29) is 18.5 Å². The zero-order valence-corrected chi connectivity index (χ0v) is 43.2. The third kappa shape index (κ3) is 8.93. The largest absolute Gasteiger partial charge is 0.350 e. The monoisotopic (exact) mass is 1020 g/mol. The first kappa shape index (κ1) is 46.2. The summed E-state index contributed by atoms with van der Waals surface area (Å²) in [5.41, 5.74) is 16.7. The van der Waals surface area contributed by atoms with E-state index in [0.29, 0.717) is 26.4 Å². The maximum Gasteiger partial charge on any atom is 0.184 e. The van der Waals surface area contributed by atoms with Crippen LogP contribution in [0.15, 0.2) is 200 Å². The second kappa shape index (κ2) is 20.1. The molecular weight excluding hydrogens is 963 g/mol. The molecule has 2 fully saturated rings. The second-order valence-corrected chi connectivity index (χ2v) is 21.9. The molecule has 0 radical (unpaired) electrons. The van der Waals surface area contributed by atoms with E-state index in [9.17, 15) is 0 Å². The summed E-state index contributed by atoms with van der Waals surface area (Å²) in [6.07, 6.45) is 20.7. The fourth-order valence-electron chi connectivity index (χ4n) is 11.4. The van der Waals surface area contributed by atoms with Gasteiger partial charge in [0, 0.05) is 60.5 Å². The molecule has 1 atom stereocenters. The molecule has 9 heteroatoms. The average Bonchev–Trinajstić information content (AvgIpc) is 4.34. The first-order valence-corrected chi connectivity index (χ1v) is 27.9. The van der Waals surface area contributed by atoms with E-state index < -0.39 is 0 Å². The Kier molecular flexibility index (Phi) is 12.4. The molecular formula is C66H55N3O4S2. The van der Waals surface area contributed by atoms with Gasteiger partial charge in [-0.2, -0.15) is 0 Å². The highest BCUT2D eigenvalue weighted by Crippen LogP contribution is 2.49. The summed E-state index contributed by atoms with van der Waals surface area (Å²) in [6.45, 7) is 2.53. The molecule has 0 spiro atoms. The molecule has 2 aliphatic heterocycles. The van der Waals surface area contributed by atoms with Gasteiger partial charge in [0.25, 0.3) is 0 Å². The summed E-state index contributed by atoms with van der Waals surface area (Å²) in [6, 6.07) is 60.5. The molecule has 2 saturated heterocycles. The van der Waals surface area contributed by atoms with Crippen LogP contribution in [0.3, 0.4) is 0 Å². The molecule has 9 aromatic rings. The Labute approximate surface area is 446 Å². The van der Waals surface area contributed by atoms with Gasteiger partial charge in [0.1, 0.15) is 10.0 Å². The van der Waals surface area contributed by atoms with Gasteiger partial charge in [0.05, 0.1) is 37.8 Å². The molecule has 0 amide bonds. The van der Waals surface area contributed by atoms with Crippen molar-refractivity contribution in [2.75, 3.05) is 41.1 Å². The van der Waals surface area contributed by atoms with Crippen molar-refractivity contribution in [3.05, 3.63) is 228 Å². The van der Waals surface area contributed by atoms with Crippen molar-refractivity contribution in [2.24, 2.45) is 5.92 Å². The Balaban J connectivity index is 0.866. The highest BCUT2D eigenvalue weighted by molar-refractivity contribution is 7.23. The summed E-state index contributed by atoms with van der Waals surface area (Å²) in [4.78, 5) is 7.33. The Morgan fingerprint density at radius 3 is 1.61 bits per heavy atom. The van der Waals surface area contributed by atoms with Crippen LogP contribution in [0.1, 0.15) is 53.4 Å². The average molecular weight is 1020 g/mol. The van der Waals surface area contributed by atoms with Gasteiger partial charge in [-0.25, -0.2) is 0 Å². The summed E-state index contributed by atoms with van der Waals surface area (Å²) in [5, 5.41) is 4.74. The smallest absolute Gasteiger partial charge is 0.184 e. The lowest BCUT2D eigenvalue weighted by atomic mass is 9.94. The van der Waals surface area contributed by atoms with Crippen molar-refractivity contribution in [3.8, 4) is 11.1 Å². The number of benzene rings is 7. The van der Waals surface area contributed by atoms with E-state index in [4.69, 9.17) is 18.9 Å². The minimum Gasteiger partial charge on any atom is -0.350 e. The Morgan fingerprint density at radius 2 is 1.00 bits per heavy atom. The number of hydrogen-bond acceptors (Lipinski definition) is 9. The molecule has 4 heterocycles. The van der Waals surface area contributed by atoms with Crippen LogP contribution in [0.5, 0.6) is 0 Å². The van der Waals surface area contributed by atoms with E-state index in [1.54, 1.807) is 0 Å². The Morgan fingerprint density at radius 1 is 0.453 bits per heavy atom. The van der Waals surface area contributed by atoms with Crippen molar-refractivity contribution in [1.29, 1.82) is 0 Å². The number of anilines is 8. The first-order chi connectivity index (χ1) is 37.1. The number of fused-ring (bicyclic) bond motifs is 4. The number of allylic oxidation sites excluding steroid dienone is 4. The van der Waals surface area contributed by atoms with Crippen molar-refractivity contribution in [2.45, 2.75) is 44.7 Å². The predicted molar refractivity (Wildman–Crippen MR) is 311 cm³/mol. The third-order valence-electron chi connectivity index (χ3n) is 15.1. The zero-order valence-electron chi connectivity index (χ0n) is 41.5. The summed E-state index contributed by atoms with van der Waals surface area (Å²) < 4.78 is 26.1. The van der Waals surface area contributed by atoms with Gasteiger partial charge in [-0.3, -0.25) is 0 Å². The quantitative estimate of drug-likeness (QED) is 0.121. The number of aryl methyl sites for hydroxylation is 2. The Hall–Kier alpha value is -7.34. The molecule has 75 heavy (non-hydrogen) atoms. The fraction of sp³-hybridized carbons (Fsp3) is 0.182. The van der Waals surface area contributed by atoms with Crippen LogP contribution in [-0.4, -0.2) is 32.7 Å². The molecule has 0 bridgehead atoms. The van der Waals surface area contributed by atoms with Crippen LogP contribution < -0.4 is 14.7 Å². The number of hydrogen-bond donors (Lipinski definition) is 0. The van der Waals surface area contributed by atoms with E-state index in [0.717, 1.165) is 65.4 Å². The van der Waals surface area contributed by atoms with Gasteiger partial charge < -0.3 is 33.6 Å². The van der Waals surface area contributed by atoms with Gasteiger partial charge >= 0.3 is 0 Å². The minimum absolute atomic E-state index is 0.189. The summed E-state index contributed by atoms with van der Waals surface area (Å²) >= 11 is 3.67. The van der Waals surface area contributed by atoms with E-state index >= 15 is 0 Å². The highest BCUT2D eigenvalue weighted by Gasteiger charge is 2.29. The molecule has 0 saturated carbocycles. The molecule has 5 aliphatic rings. The van der Waals surface area contributed by atoms with Gasteiger partial charge in [0.2, 0.25) is 0 Å². The Bertz CT molecular complexity index is 3690. The molecule has 370 valence electrons. The summed E-state index contributed by atoms with van der Waals surface area (Å²) in [7, 11) is 0. The van der Waals surface area contributed by atoms with Crippen LogP contribution in [0.2, 0.25) is 0 Å². The van der Waals surface area contributed by atoms with Gasteiger partial charge in [-0.15, -0.1) is 22.7 Å². The maximum absolute atomic E-state index is 5.95. The van der Waals surface area contributed by atoms with Gasteiger partial charge in [-0.05, 0) is 144 Å². The lowest BCUT2D eigenvalue weighted by molar-refractivity contribution is -0.0697. The molecule has 7 aromatic carbocycles. The topological polar surface area (TPSA) is 46.6 Å². The van der Waals surface area contributed by atoms with Crippen LogP contribution in [-0.2, 0) is 31.8 Å². The SMILES string of the molecule is C1=Cc2c(cccc2N(C2=CCC(C3OCCO3)C=C2)c2cc3ccc(N(c4ccc(-c5ccccc5)cc4)c4ccc5cc(N(c6ccc(C7OCCO7)cc6)c6cccc7c6C=CCC7)sc5c4)cc3s2)CC1. The lowest BCUT2D eigenvalue weighted by Gasteiger charge is -2.30. The van der Waals surface area contributed by atoms with Crippen LogP contribution in [0.25, 0.3) is 43.5 Å². The first-order valence-electron chi connectivity index (χ1n) is 26.3. The van der Waals surface area contributed by atoms with Gasteiger partial charge in [0.15, 0.2) is 12.6 Å². The number of rotatable bonds is 12. The number of ether oxygens (including phenoxy) is 4. The van der Waals surface area contributed by atoms with Gasteiger partial charge in [-0.1, -0.05) is 127 Å². The van der Waals surface area contributed by atoms with Crippen molar-refractivity contribution < 1.29 is 18.9 Å². The minimum atomic E-state index is -0.326. The van der Waals surface area contributed by atoms with Crippen LogP contribution in [0.4, 0.5) is 44.1 Å².